The van der Waals surface area contributed by atoms with Gasteiger partial charge in [-0.15, -0.1) is 0 Å². The Bertz CT molecular complexity index is 342. The Kier molecular flexibility index (Phi) is 4.69. The molecule has 1 atom stereocenters. The number of carbonyl (C=O) groups is 1. The zero-order valence-electron chi connectivity index (χ0n) is 9.48. The first kappa shape index (κ1) is 13.4. The van der Waals surface area contributed by atoms with Gasteiger partial charge in [0.1, 0.15) is 6.04 Å². The second-order valence-corrected chi connectivity index (χ2v) is 5.91. The number of amides is 1. The maximum absolute atomic E-state index is 11.6. The molecule has 1 aliphatic heterocycles. The predicted octanol–water partition coefficient (Wildman–Crippen LogP) is -1.12. The zero-order chi connectivity index (χ0) is 12.2. The van der Waals surface area contributed by atoms with Crippen molar-refractivity contribution in [1.29, 1.82) is 0 Å². The molecule has 0 aliphatic carbocycles. The highest BCUT2D eigenvalue weighted by atomic mass is 32.2. The third kappa shape index (κ3) is 3.73. The van der Waals surface area contributed by atoms with Crippen LogP contribution in [0.4, 0.5) is 0 Å². The first-order valence-corrected chi connectivity index (χ1v) is 7.06. The molecular weight excluding hydrogens is 230 g/mol. The quantitative estimate of drug-likeness (QED) is 0.583. The molecular formula is C9H19N3O3S. The molecule has 0 saturated carbocycles. The van der Waals surface area contributed by atoms with Crippen LogP contribution >= 0.6 is 0 Å². The van der Waals surface area contributed by atoms with E-state index in [9.17, 15) is 13.2 Å². The summed E-state index contributed by atoms with van der Waals surface area (Å²) in [6, 6.07) is -0.576. The number of hydrogen-bond acceptors (Lipinski definition) is 4. The van der Waals surface area contributed by atoms with Crippen LogP contribution in [0.25, 0.3) is 0 Å². The Morgan fingerprint density at radius 3 is 2.69 bits per heavy atom. The van der Waals surface area contributed by atoms with Crippen LogP contribution in [0.2, 0.25) is 0 Å². The van der Waals surface area contributed by atoms with E-state index in [2.05, 4.69) is 4.72 Å². The zero-order valence-corrected chi connectivity index (χ0v) is 10.3. The molecule has 0 aromatic carbocycles. The summed E-state index contributed by atoms with van der Waals surface area (Å²) in [6.45, 7) is 1.09. The van der Waals surface area contributed by atoms with Crippen LogP contribution in [0.15, 0.2) is 0 Å². The van der Waals surface area contributed by atoms with E-state index in [1.807, 2.05) is 0 Å². The number of sulfonamides is 1. The van der Waals surface area contributed by atoms with Gasteiger partial charge in [0.05, 0.1) is 5.75 Å². The summed E-state index contributed by atoms with van der Waals surface area (Å²) in [6.07, 6.45) is 1.76. The van der Waals surface area contributed by atoms with Crippen molar-refractivity contribution in [3.05, 3.63) is 0 Å². The lowest BCUT2D eigenvalue weighted by Crippen LogP contribution is -2.41. The van der Waals surface area contributed by atoms with Crippen LogP contribution in [0.3, 0.4) is 0 Å². The summed E-state index contributed by atoms with van der Waals surface area (Å²) in [4.78, 5) is 13.0. The van der Waals surface area contributed by atoms with E-state index < -0.39 is 16.1 Å². The Morgan fingerprint density at radius 2 is 2.19 bits per heavy atom. The molecule has 1 unspecified atom stereocenters. The van der Waals surface area contributed by atoms with Crippen molar-refractivity contribution in [1.82, 2.24) is 9.62 Å². The number of nitrogens with one attached hydrogen (secondary N) is 1. The van der Waals surface area contributed by atoms with Gasteiger partial charge >= 0.3 is 0 Å². The van der Waals surface area contributed by atoms with Gasteiger partial charge in [-0.05, 0) is 25.8 Å². The minimum Gasteiger partial charge on any atom is -0.344 e. The van der Waals surface area contributed by atoms with Crippen molar-refractivity contribution in [2.45, 2.75) is 25.3 Å². The number of carbonyl (C=O) groups excluding carboxylic acids is 1. The standard InChI is InChI=1S/C9H19N3O3S/c1-12-6-4-8(9(12)13)11-16(14,15)7-3-2-5-10/h8,11H,2-7,10H2,1H3. The number of hydrogen-bond donors (Lipinski definition) is 2. The smallest absolute Gasteiger partial charge is 0.240 e. The summed E-state index contributed by atoms with van der Waals surface area (Å²) in [5.74, 6) is -0.111. The van der Waals surface area contributed by atoms with Crippen molar-refractivity contribution >= 4 is 15.9 Å². The number of likely N-dealkylation sites (tertiary alicyclic amines) is 1. The van der Waals surface area contributed by atoms with Crippen molar-refractivity contribution in [3.8, 4) is 0 Å². The fourth-order valence-electron chi connectivity index (χ4n) is 1.64. The Hall–Kier alpha value is -0.660. The Balaban J connectivity index is 2.44. The molecule has 1 fully saturated rings. The van der Waals surface area contributed by atoms with Crippen LogP contribution in [-0.4, -0.2) is 51.2 Å². The van der Waals surface area contributed by atoms with Gasteiger partial charge in [-0.25, -0.2) is 13.1 Å². The number of nitrogens with zero attached hydrogens (tertiary/aromatic N) is 1. The molecule has 7 heteroatoms. The molecule has 1 amide bonds. The summed E-state index contributed by atoms with van der Waals surface area (Å²) in [5.41, 5.74) is 5.29. The minimum atomic E-state index is -3.35. The molecule has 6 nitrogen and oxygen atoms in total. The second-order valence-electron chi connectivity index (χ2n) is 4.03. The number of rotatable bonds is 6. The summed E-state index contributed by atoms with van der Waals surface area (Å²) < 4.78 is 25.6. The molecule has 3 N–H and O–H groups in total. The summed E-state index contributed by atoms with van der Waals surface area (Å²) in [5, 5.41) is 0. The predicted molar refractivity (Wildman–Crippen MR) is 61.3 cm³/mol. The SMILES string of the molecule is CN1CCC(NS(=O)(=O)CCCCN)C1=O. The van der Waals surface area contributed by atoms with Gasteiger partial charge in [0.2, 0.25) is 15.9 Å². The van der Waals surface area contributed by atoms with E-state index in [0.29, 0.717) is 32.4 Å². The molecule has 16 heavy (non-hydrogen) atoms. The fourth-order valence-corrected chi connectivity index (χ4v) is 3.00. The van der Waals surface area contributed by atoms with Crippen molar-refractivity contribution in [3.63, 3.8) is 0 Å². The topological polar surface area (TPSA) is 92.5 Å². The lowest BCUT2D eigenvalue weighted by molar-refractivity contribution is -0.127. The second kappa shape index (κ2) is 5.60. The van der Waals surface area contributed by atoms with Crippen LogP contribution < -0.4 is 10.5 Å². The molecule has 1 aliphatic rings. The molecule has 0 bridgehead atoms. The van der Waals surface area contributed by atoms with Gasteiger partial charge in [-0.2, -0.15) is 0 Å². The van der Waals surface area contributed by atoms with Crippen molar-refractivity contribution < 1.29 is 13.2 Å². The minimum absolute atomic E-state index is 0.0394. The molecule has 94 valence electrons. The Labute approximate surface area is 96.2 Å². The summed E-state index contributed by atoms with van der Waals surface area (Å²) in [7, 11) is -1.67. The monoisotopic (exact) mass is 249 g/mol. The maximum atomic E-state index is 11.6. The van der Waals surface area contributed by atoms with Crippen molar-refractivity contribution in [2.75, 3.05) is 25.9 Å². The van der Waals surface area contributed by atoms with E-state index >= 15 is 0 Å². The lowest BCUT2D eigenvalue weighted by atomic mass is 10.3. The van der Waals surface area contributed by atoms with Crippen molar-refractivity contribution in [2.24, 2.45) is 5.73 Å². The average Bonchev–Trinajstić information content (AvgIpc) is 2.49. The maximum Gasteiger partial charge on any atom is 0.240 e. The third-order valence-corrected chi connectivity index (χ3v) is 4.09. The lowest BCUT2D eigenvalue weighted by Gasteiger charge is -2.12. The van der Waals surface area contributed by atoms with E-state index in [0.717, 1.165) is 0 Å². The fraction of sp³-hybridized carbons (Fsp3) is 0.889. The summed E-state index contributed by atoms with van der Waals surface area (Å²) >= 11 is 0. The molecule has 0 radical (unpaired) electrons. The molecule has 0 spiro atoms. The van der Waals surface area contributed by atoms with E-state index in [-0.39, 0.29) is 11.7 Å². The largest absolute Gasteiger partial charge is 0.344 e. The normalized spacial score (nSPS) is 21.8. The van der Waals surface area contributed by atoms with E-state index in [1.165, 1.54) is 4.90 Å². The Morgan fingerprint density at radius 1 is 1.50 bits per heavy atom. The van der Waals surface area contributed by atoms with Gasteiger partial charge < -0.3 is 10.6 Å². The van der Waals surface area contributed by atoms with Crippen LogP contribution in [0.1, 0.15) is 19.3 Å². The number of likely N-dealkylation sites (N-methyl/N-ethyl adjacent to an activating group) is 1. The van der Waals surface area contributed by atoms with Gasteiger partial charge in [0, 0.05) is 13.6 Å². The van der Waals surface area contributed by atoms with E-state index in [1.54, 1.807) is 7.05 Å². The van der Waals surface area contributed by atoms with Crippen LogP contribution in [0, 0.1) is 0 Å². The highest BCUT2D eigenvalue weighted by Crippen LogP contribution is 2.10. The molecule has 0 aromatic heterocycles. The highest BCUT2D eigenvalue weighted by Gasteiger charge is 2.31. The van der Waals surface area contributed by atoms with Crippen LogP contribution in [-0.2, 0) is 14.8 Å². The molecule has 1 heterocycles. The van der Waals surface area contributed by atoms with Crippen LogP contribution in [0.5, 0.6) is 0 Å². The first-order valence-electron chi connectivity index (χ1n) is 5.41. The number of unbranched alkanes of at least 4 members (excludes halogenated alkanes) is 1. The van der Waals surface area contributed by atoms with E-state index in [4.69, 9.17) is 5.73 Å². The van der Waals surface area contributed by atoms with Gasteiger partial charge in [-0.3, -0.25) is 4.79 Å². The van der Waals surface area contributed by atoms with Gasteiger partial charge in [0.25, 0.3) is 0 Å². The number of nitrogens with two attached hydrogens (primary N) is 1. The average molecular weight is 249 g/mol. The van der Waals surface area contributed by atoms with Gasteiger partial charge in [0.15, 0.2) is 0 Å². The first-order chi connectivity index (χ1) is 7.46. The third-order valence-electron chi connectivity index (χ3n) is 2.62. The molecule has 1 saturated heterocycles. The molecule has 1 rings (SSSR count). The van der Waals surface area contributed by atoms with Gasteiger partial charge in [-0.1, -0.05) is 0 Å². The highest BCUT2D eigenvalue weighted by molar-refractivity contribution is 7.89. The molecule has 0 aromatic rings.